The van der Waals surface area contributed by atoms with Crippen LogP contribution in [-0.2, 0) is 0 Å². The summed E-state index contributed by atoms with van der Waals surface area (Å²) in [4.78, 5) is 0. The van der Waals surface area contributed by atoms with Crippen molar-refractivity contribution in [2.24, 2.45) is 0 Å². The first-order chi connectivity index (χ1) is 6.27. The number of hydrogen-bond acceptors (Lipinski definition) is 2. The lowest BCUT2D eigenvalue weighted by Crippen LogP contribution is -1.82. The van der Waals surface area contributed by atoms with Crippen LogP contribution in [0, 0.1) is 18.3 Å². The van der Waals surface area contributed by atoms with E-state index in [9.17, 15) is 0 Å². The number of rotatable bonds is 2. The second kappa shape index (κ2) is 4.74. The summed E-state index contributed by atoms with van der Waals surface area (Å²) in [6.45, 7) is 1.94. The van der Waals surface area contributed by atoms with Gasteiger partial charge in [0.2, 0.25) is 0 Å². The van der Waals surface area contributed by atoms with Crippen molar-refractivity contribution in [3.63, 3.8) is 0 Å². The van der Waals surface area contributed by atoms with E-state index in [4.69, 9.17) is 5.26 Å². The van der Waals surface area contributed by atoms with Crippen LogP contribution in [0.15, 0.2) is 24.3 Å². The van der Waals surface area contributed by atoms with E-state index in [0.29, 0.717) is 0 Å². The SMILES string of the molecule is Cc1ccc(C=CCS)cc1C#N. The summed E-state index contributed by atoms with van der Waals surface area (Å²) in [7, 11) is 0. The first kappa shape index (κ1) is 9.88. The highest BCUT2D eigenvalue weighted by atomic mass is 32.1. The lowest BCUT2D eigenvalue weighted by Gasteiger charge is -1.98. The van der Waals surface area contributed by atoms with Crippen LogP contribution in [0.1, 0.15) is 16.7 Å². The molecule has 0 unspecified atom stereocenters. The monoisotopic (exact) mass is 189 g/mol. The maximum Gasteiger partial charge on any atom is 0.0994 e. The second-order valence-corrected chi connectivity index (χ2v) is 3.14. The van der Waals surface area contributed by atoms with E-state index in [-0.39, 0.29) is 0 Å². The molecule has 1 rings (SSSR count). The largest absolute Gasteiger partial charge is 0.192 e. The van der Waals surface area contributed by atoms with Gasteiger partial charge < -0.3 is 0 Å². The van der Waals surface area contributed by atoms with Gasteiger partial charge >= 0.3 is 0 Å². The van der Waals surface area contributed by atoms with Crippen molar-refractivity contribution < 1.29 is 0 Å². The van der Waals surface area contributed by atoms with Gasteiger partial charge in [0.05, 0.1) is 11.6 Å². The minimum absolute atomic E-state index is 0.718. The van der Waals surface area contributed by atoms with Crippen molar-refractivity contribution in [2.75, 3.05) is 5.75 Å². The molecule has 0 fully saturated rings. The molecule has 13 heavy (non-hydrogen) atoms. The highest BCUT2D eigenvalue weighted by Crippen LogP contribution is 2.11. The zero-order valence-corrected chi connectivity index (χ0v) is 8.38. The number of aryl methyl sites for hydroxylation is 1. The molecule has 0 atom stereocenters. The summed E-state index contributed by atoms with van der Waals surface area (Å²) in [5, 5.41) is 8.78. The molecule has 0 aliphatic heterocycles. The molecule has 0 N–H and O–H groups in total. The quantitative estimate of drug-likeness (QED) is 0.711. The lowest BCUT2D eigenvalue weighted by atomic mass is 10.1. The van der Waals surface area contributed by atoms with Crippen molar-refractivity contribution in [2.45, 2.75) is 6.92 Å². The number of benzene rings is 1. The standard InChI is InChI=1S/C11H11NS/c1-9-4-5-10(3-2-6-13)7-11(9)8-12/h2-5,7,13H,6H2,1H3. The van der Waals surface area contributed by atoms with E-state index < -0.39 is 0 Å². The third-order valence-electron chi connectivity index (χ3n) is 1.80. The van der Waals surface area contributed by atoms with Crippen molar-refractivity contribution in [1.82, 2.24) is 0 Å². The predicted molar refractivity (Wildman–Crippen MR) is 58.8 cm³/mol. The van der Waals surface area contributed by atoms with Crippen LogP contribution in [0.5, 0.6) is 0 Å². The summed E-state index contributed by atoms with van der Waals surface area (Å²) < 4.78 is 0. The maximum atomic E-state index is 8.78. The second-order valence-electron chi connectivity index (χ2n) is 2.77. The van der Waals surface area contributed by atoms with Gasteiger partial charge in [-0.15, -0.1) is 0 Å². The molecule has 0 amide bonds. The fourth-order valence-electron chi connectivity index (χ4n) is 1.05. The topological polar surface area (TPSA) is 23.8 Å². The normalized spacial score (nSPS) is 10.2. The minimum atomic E-state index is 0.718. The molecule has 1 nitrogen and oxygen atoms in total. The van der Waals surface area contributed by atoms with Crippen LogP contribution in [0.4, 0.5) is 0 Å². The van der Waals surface area contributed by atoms with E-state index >= 15 is 0 Å². The summed E-state index contributed by atoms with van der Waals surface area (Å²) in [5.41, 5.74) is 2.81. The van der Waals surface area contributed by atoms with Gasteiger partial charge in [-0.25, -0.2) is 0 Å². The van der Waals surface area contributed by atoms with Crippen LogP contribution in [-0.4, -0.2) is 5.75 Å². The minimum Gasteiger partial charge on any atom is -0.192 e. The third kappa shape index (κ3) is 2.64. The Morgan fingerprint density at radius 3 is 2.92 bits per heavy atom. The molecule has 0 spiro atoms. The summed E-state index contributed by atoms with van der Waals surface area (Å²) >= 11 is 4.07. The first-order valence-electron chi connectivity index (χ1n) is 4.06. The lowest BCUT2D eigenvalue weighted by molar-refractivity contribution is 1.39. The van der Waals surface area contributed by atoms with E-state index in [1.54, 1.807) is 0 Å². The van der Waals surface area contributed by atoms with Gasteiger partial charge in [-0.05, 0) is 24.1 Å². The molecule has 1 aromatic carbocycles. The van der Waals surface area contributed by atoms with Crippen molar-refractivity contribution in [3.05, 3.63) is 41.0 Å². The molecule has 2 heteroatoms. The average molecular weight is 189 g/mol. The van der Waals surface area contributed by atoms with E-state index in [1.807, 2.05) is 37.3 Å². The van der Waals surface area contributed by atoms with E-state index in [0.717, 1.165) is 22.4 Å². The van der Waals surface area contributed by atoms with Crippen LogP contribution in [0.3, 0.4) is 0 Å². The molecule has 1 aromatic rings. The Kier molecular flexibility index (Phi) is 3.60. The molecule has 66 valence electrons. The molecular formula is C11H11NS. The van der Waals surface area contributed by atoms with Gasteiger partial charge in [0.25, 0.3) is 0 Å². The zero-order valence-electron chi connectivity index (χ0n) is 7.49. The van der Waals surface area contributed by atoms with E-state index in [2.05, 4.69) is 18.7 Å². The molecular weight excluding hydrogens is 178 g/mol. The molecule has 0 heterocycles. The maximum absolute atomic E-state index is 8.78. The Hall–Kier alpha value is -1.20. The van der Waals surface area contributed by atoms with Crippen LogP contribution >= 0.6 is 12.6 Å². The third-order valence-corrected chi connectivity index (χ3v) is 2.01. The molecule has 0 saturated carbocycles. The molecule has 0 saturated heterocycles. The Morgan fingerprint density at radius 1 is 1.54 bits per heavy atom. The van der Waals surface area contributed by atoms with Crippen LogP contribution in [0.2, 0.25) is 0 Å². The molecule has 0 aromatic heterocycles. The Bertz CT molecular complexity index is 361. The van der Waals surface area contributed by atoms with Gasteiger partial charge in [-0.1, -0.05) is 24.3 Å². The van der Waals surface area contributed by atoms with Crippen LogP contribution in [0.25, 0.3) is 6.08 Å². The average Bonchev–Trinajstić information content (AvgIpc) is 2.16. The van der Waals surface area contributed by atoms with E-state index in [1.165, 1.54) is 0 Å². The molecule has 0 aliphatic carbocycles. The summed E-state index contributed by atoms with van der Waals surface area (Å²) in [6, 6.07) is 7.99. The fraction of sp³-hybridized carbons (Fsp3) is 0.182. The van der Waals surface area contributed by atoms with Gasteiger partial charge in [-0.3, -0.25) is 0 Å². The number of thiol groups is 1. The molecule has 0 bridgehead atoms. The number of hydrogen-bond donors (Lipinski definition) is 1. The highest BCUT2D eigenvalue weighted by Gasteiger charge is 1.96. The Balaban J connectivity index is 3.01. The van der Waals surface area contributed by atoms with Crippen molar-refractivity contribution >= 4 is 18.7 Å². The van der Waals surface area contributed by atoms with Crippen molar-refractivity contribution in [1.29, 1.82) is 5.26 Å². The van der Waals surface area contributed by atoms with Crippen LogP contribution < -0.4 is 0 Å². The Morgan fingerprint density at radius 2 is 2.31 bits per heavy atom. The van der Waals surface area contributed by atoms with Gasteiger partial charge in [0.15, 0.2) is 0 Å². The molecule has 0 radical (unpaired) electrons. The number of nitriles is 1. The number of nitrogens with zero attached hydrogens (tertiary/aromatic N) is 1. The Labute approximate surface area is 84.1 Å². The van der Waals surface area contributed by atoms with Crippen molar-refractivity contribution in [3.8, 4) is 6.07 Å². The van der Waals surface area contributed by atoms with Gasteiger partial charge in [-0.2, -0.15) is 17.9 Å². The van der Waals surface area contributed by atoms with Gasteiger partial charge in [0, 0.05) is 5.75 Å². The molecule has 0 aliphatic rings. The zero-order chi connectivity index (χ0) is 9.68. The highest BCUT2D eigenvalue weighted by molar-refractivity contribution is 7.80. The first-order valence-corrected chi connectivity index (χ1v) is 4.69. The fourth-order valence-corrected chi connectivity index (χ4v) is 1.16. The summed E-state index contributed by atoms with van der Waals surface area (Å²) in [5.74, 6) is 0.718. The predicted octanol–water partition coefficient (Wildman–Crippen LogP) is 2.81. The summed E-state index contributed by atoms with van der Waals surface area (Å²) in [6.07, 6.45) is 3.92. The van der Waals surface area contributed by atoms with Gasteiger partial charge in [0.1, 0.15) is 0 Å². The smallest absolute Gasteiger partial charge is 0.0994 e.